The molecular formula is C14H18ClNO4. The molecule has 1 fully saturated rings. The molecule has 0 aromatic heterocycles. The molecule has 1 N–H and O–H groups in total. The molecule has 5 nitrogen and oxygen atoms in total. The second kappa shape index (κ2) is 6.33. The molecule has 1 saturated carbocycles. The quantitative estimate of drug-likeness (QED) is 0.838. The maximum Gasteiger partial charge on any atom is 0.317 e. The van der Waals surface area contributed by atoms with Crippen LogP contribution in [-0.2, 0) is 11.3 Å². The lowest BCUT2D eigenvalue weighted by Gasteiger charge is -2.21. The molecule has 0 radical (unpaired) electrons. The van der Waals surface area contributed by atoms with E-state index in [4.69, 9.17) is 26.2 Å². The molecule has 0 aliphatic heterocycles. The first-order chi connectivity index (χ1) is 9.56. The highest BCUT2D eigenvalue weighted by atomic mass is 35.5. The van der Waals surface area contributed by atoms with Crippen LogP contribution in [0.4, 0.5) is 0 Å². The Kier molecular flexibility index (Phi) is 4.73. The number of benzene rings is 1. The minimum atomic E-state index is -0.825. The van der Waals surface area contributed by atoms with Gasteiger partial charge in [-0.15, -0.1) is 0 Å². The average molecular weight is 300 g/mol. The maximum absolute atomic E-state index is 10.9. The van der Waals surface area contributed by atoms with Crippen molar-refractivity contribution in [3.8, 4) is 11.5 Å². The Morgan fingerprint density at radius 1 is 1.40 bits per heavy atom. The third-order valence-electron chi connectivity index (χ3n) is 3.34. The number of rotatable bonds is 7. The van der Waals surface area contributed by atoms with Gasteiger partial charge in [-0.1, -0.05) is 17.7 Å². The summed E-state index contributed by atoms with van der Waals surface area (Å²) in [6.45, 7) is 0.519. The average Bonchev–Trinajstić information content (AvgIpc) is 3.23. The van der Waals surface area contributed by atoms with Gasteiger partial charge in [0.1, 0.15) is 0 Å². The first-order valence-corrected chi connectivity index (χ1v) is 6.79. The molecule has 1 aliphatic carbocycles. The van der Waals surface area contributed by atoms with E-state index in [9.17, 15) is 4.79 Å². The summed E-state index contributed by atoms with van der Waals surface area (Å²) < 4.78 is 10.4. The number of ether oxygens (including phenoxy) is 2. The summed E-state index contributed by atoms with van der Waals surface area (Å²) in [4.78, 5) is 12.8. The Hall–Kier alpha value is -1.46. The molecule has 0 bridgehead atoms. The predicted molar refractivity (Wildman–Crippen MR) is 75.6 cm³/mol. The fourth-order valence-electron chi connectivity index (χ4n) is 2.20. The van der Waals surface area contributed by atoms with Crippen LogP contribution in [0.3, 0.4) is 0 Å². The van der Waals surface area contributed by atoms with E-state index in [2.05, 4.69) is 0 Å². The minimum absolute atomic E-state index is 0.0232. The number of halogens is 1. The molecule has 110 valence electrons. The summed E-state index contributed by atoms with van der Waals surface area (Å²) >= 11 is 6.32. The van der Waals surface area contributed by atoms with E-state index in [1.165, 1.54) is 7.11 Å². The molecule has 0 amide bonds. The van der Waals surface area contributed by atoms with Gasteiger partial charge in [0.15, 0.2) is 11.5 Å². The molecule has 20 heavy (non-hydrogen) atoms. The van der Waals surface area contributed by atoms with Crippen LogP contribution in [0.2, 0.25) is 5.02 Å². The number of hydrogen-bond donors (Lipinski definition) is 1. The predicted octanol–water partition coefficient (Wildman–Crippen LogP) is 2.41. The van der Waals surface area contributed by atoms with E-state index in [0.717, 1.165) is 18.4 Å². The van der Waals surface area contributed by atoms with Gasteiger partial charge in [0.25, 0.3) is 0 Å². The zero-order valence-corrected chi connectivity index (χ0v) is 12.3. The van der Waals surface area contributed by atoms with Crippen molar-refractivity contribution in [2.75, 3.05) is 20.8 Å². The van der Waals surface area contributed by atoms with Crippen molar-refractivity contribution in [2.24, 2.45) is 0 Å². The summed E-state index contributed by atoms with van der Waals surface area (Å²) in [5.41, 5.74) is 0.845. The van der Waals surface area contributed by atoms with Crippen LogP contribution < -0.4 is 9.47 Å². The third-order valence-corrected chi connectivity index (χ3v) is 3.75. The summed E-state index contributed by atoms with van der Waals surface area (Å²) in [5, 5.41) is 9.45. The Morgan fingerprint density at radius 2 is 2.10 bits per heavy atom. The van der Waals surface area contributed by atoms with Crippen molar-refractivity contribution in [1.82, 2.24) is 4.90 Å². The van der Waals surface area contributed by atoms with Crippen molar-refractivity contribution in [3.63, 3.8) is 0 Å². The van der Waals surface area contributed by atoms with Crippen LogP contribution in [0.1, 0.15) is 18.4 Å². The van der Waals surface area contributed by atoms with E-state index < -0.39 is 5.97 Å². The summed E-state index contributed by atoms with van der Waals surface area (Å²) in [7, 11) is 3.08. The van der Waals surface area contributed by atoms with Crippen molar-refractivity contribution < 1.29 is 19.4 Å². The smallest absolute Gasteiger partial charge is 0.317 e. The highest BCUT2D eigenvalue weighted by Gasteiger charge is 2.31. The molecule has 6 heteroatoms. The fourth-order valence-corrected chi connectivity index (χ4v) is 2.49. The molecule has 0 unspecified atom stereocenters. The summed E-state index contributed by atoms with van der Waals surface area (Å²) in [6, 6.07) is 3.97. The Labute approximate surface area is 123 Å². The van der Waals surface area contributed by atoms with Crippen molar-refractivity contribution in [3.05, 3.63) is 22.7 Å². The fraction of sp³-hybridized carbons (Fsp3) is 0.500. The van der Waals surface area contributed by atoms with E-state index in [0.29, 0.717) is 29.1 Å². The van der Waals surface area contributed by atoms with Crippen LogP contribution in [0.5, 0.6) is 11.5 Å². The van der Waals surface area contributed by atoms with E-state index >= 15 is 0 Å². The first kappa shape index (κ1) is 14.9. The normalized spacial score (nSPS) is 14.4. The van der Waals surface area contributed by atoms with Gasteiger partial charge in [0.05, 0.1) is 25.8 Å². The van der Waals surface area contributed by atoms with Crippen LogP contribution in [0.25, 0.3) is 0 Å². The van der Waals surface area contributed by atoms with Gasteiger partial charge in [-0.3, -0.25) is 9.69 Å². The van der Waals surface area contributed by atoms with E-state index in [-0.39, 0.29) is 6.54 Å². The number of carbonyl (C=O) groups is 1. The lowest BCUT2D eigenvalue weighted by Crippen LogP contribution is -2.31. The molecule has 1 aromatic rings. The number of hydrogen-bond acceptors (Lipinski definition) is 4. The number of carboxylic acid groups (broad SMARTS) is 1. The zero-order chi connectivity index (χ0) is 14.7. The van der Waals surface area contributed by atoms with Gasteiger partial charge in [0.2, 0.25) is 0 Å². The molecule has 1 aromatic carbocycles. The molecule has 0 atom stereocenters. The summed E-state index contributed by atoms with van der Waals surface area (Å²) in [6.07, 6.45) is 2.08. The molecular weight excluding hydrogens is 282 g/mol. The van der Waals surface area contributed by atoms with Gasteiger partial charge >= 0.3 is 5.97 Å². The van der Waals surface area contributed by atoms with Gasteiger partial charge in [-0.2, -0.15) is 0 Å². The number of aliphatic carboxylic acids is 1. The lowest BCUT2D eigenvalue weighted by molar-refractivity contribution is -0.138. The second-order valence-corrected chi connectivity index (χ2v) is 5.18. The largest absolute Gasteiger partial charge is 0.493 e. The first-order valence-electron chi connectivity index (χ1n) is 6.42. The van der Waals surface area contributed by atoms with Crippen LogP contribution in [0, 0.1) is 0 Å². The van der Waals surface area contributed by atoms with Crippen LogP contribution in [-0.4, -0.2) is 42.8 Å². The highest BCUT2D eigenvalue weighted by Crippen LogP contribution is 2.38. The van der Waals surface area contributed by atoms with Crippen LogP contribution >= 0.6 is 11.6 Å². The van der Waals surface area contributed by atoms with Gasteiger partial charge in [0, 0.05) is 12.6 Å². The van der Waals surface area contributed by atoms with Crippen molar-refractivity contribution in [2.45, 2.75) is 25.4 Å². The Morgan fingerprint density at radius 3 is 2.60 bits per heavy atom. The second-order valence-electron chi connectivity index (χ2n) is 4.80. The van der Waals surface area contributed by atoms with Gasteiger partial charge in [-0.05, 0) is 24.5 Å². The Bertz CT molecular complexity index is 502. The van der Waals surface area contributed by atoms with Gasteiger partial charge in [-0.25, -0.2) is 0 Å². The number of carboxylic acids is 1. The minimum Gasteiger partial charge on any atom is -0.493 e. The molecule has 0 spiro atoms. The number of methoxy groups -OCH3 is 2. The molecule has 2 rings (SSSR count). The maximum atomic E-state index is 10.9. The number of nitrogens with zero attached hydrogens (tertiary/aromatic N) is 1. The molecule has 0 saturated heterocycles. The monoisotopic (exact) mass is 299 g/mol. The summed E-state index contributed by atoms with van der Waals surface area (Å²) in [5.74, 6) is 0.226. The van der Waals surface area contributed by atoms with E-state index in [1.807, 2.05) is 11.0 Å². The highest BCUT2D eigenvalue weighted by molar-refractivity contribution is 6.33. The molecule has 1 aliphatic rings. The molecule has 0 heterocycles. The van der Waals surface area contributed by atoms with Gasteiger partial charge < -0.3 is 14.6 Å². The zero-order valence-electron chi connectivity index (χ0n) is 11.6. The SMILES string of the molecule is COc1ccc(CN(CC(=O)O)C2CC2)c(Cl)c1OC. The Balaban J connectivity index is 2.21. The third kappa shape index (κ3) is 3.35. The van der Waals surface area contributed by atoms with Crippen molar-refractivity contribution in [1.29, 1.82) is 0 Å². The van der Waals surface area contributed by atoms with E-state index in [1.54, 1.807) is 13.2 Å². The lowest BCUT2D eigenvalue weighted by atomic mass is 10.1. The standard InChI is InChI=1S/C14H18ClNO4/c1-19-11-6-3-9(13(15)14(11)20-2)7-16(8-12(17)18)10-4-5-10/h3,6,10H,4-5,7-8H2,1-2H3,(H,17,18). The van der Waals surface area contributed by atoms with Crippen molar-refractivity contribution >= 4 is 17.6 Å². The topological polar surface area (TPSA) is 59.0 Å². The van der Waals surface area contributed by atoms with Crippen LogP contribution in [0.15, 0.2) is 12.1 Å².